The number of carbonyl (C=O) groups excluding carboxylic acids is 1. The monoisotopic (exact) mass is 285 g/mol. The lowest BCUT2D eigenvalue weighted by Gasteiger charge is -2.11. The van der Waals surface area contributed by atoms with E-state index >= 15 is 0 Å². The average Bonchev–Trinajstić information content (AvgIpc) is 2.46. The maximum absolute atomic E-state index is 11.6. The van der Waals surface area contributed by atoms with Gasteiger partial charge in [-0.15, -0.1) is 0 Å². The first-order valence-corrected chi connectivity index (χ1v) is 6.45. The third kappa shape index (κ3) is 3.45. The molecule has 0 amide bonds. The number of benzene rings is 2. The summed E-state index contributed by atoms with van der Waals surface area (Å²) in [6.45, 7) is 3.64. The highest BCUT2D eigenvalue weighted by atomic mass is 16.6. The highest BCUT2D eigenvalue weighted by Crippen LogP contribution is 2.25. The van der Waals surface area contributed by atoms with E-state index in [-0.39, 0.29) is 17.0 Å². The quantitative estimate of drug-likeness (QED) is 0.477. The van der Waals surface area contributed by atoms with Crippen molar-refractivity contribution in [1.82, 2.24) is 0 Å². The van der Waals surface area contributed by atoms with Gasteiger partial charge in [0.25, 0.3) is 5.69 Å². The van der Waals surface area contributed by atoms with E-state index in [1.807, 2.05) is 31.2 Å². The van der Waals surface area contributed by atoms with E-state index < -0.39 is 4.92 Å². The van der Waals surface area contributed by atoms with Gasteiger partial charge in [0.1, 0.15) is 12.4 Å². The fourth-order valence-corrected chi connectivity index (χ4v) is 1.96. The number of aryl methyl sites for hydroxylation is 1. The number of ether oxygens (including phenoxy) is 1. The minimum atomic E-state index is -0.530. The molecule has 108 valence electrons. The lowest BCUT2D eigenvalue weighted by molar-refractivity contribution is -0.384. The Morgan fingerprint density at radius 1 is 1.24 bits per heavy atom. The first-order chi connectivity index (χ1) is 9.99. The molecule has 0 atom stereocenters. The molecule has 0 saturated carbocycles. The van der Waals surface area contributed by atoms with Crippen molar-refractivity contribution in [2.24, 2.45) is 0 Å². The summed E-state index contributed by atoms with van der Waals surface area (Å²) >= 11 is 0. The molecule has 0 saturated heterocycles. The minimum Gasteiger partial charge on any atom is -0.488 e. The third-order valence-electron chi connectivity index (χ3n) is 3.20. The number of nitro benzene ring substituents is 1. The number of hydrogen-bond acceptors (Lipinski definition) is 4. The molecule has 2 rings (SSSR count). The van der Waals surface area contributed by atoms with Crippen LogP contribution in [0.3, 0.4) is 0 Å². The van der Waals surface area contributed by atoms with E-state index in [0.29, 0.717) is 12.4 Å². The van der Waals surface area contributed by atoms with E-state index in [1.54, 1.807) is 0 Å². The van der Waals surface area contributed by atoms with Crippen LogP contribution in [-0.2, 0) is 6.61 Å². The van der Waals surface area contributed by atoms with Crippen molar-refractivity contribution in [3.8, 4) is 5.75 Å². The number of hydrogen-bond donors (Lipinski definition) is 0. The van der Waals surface area contributed by atoms with Gasteiger partial charge in [-0.2, -0.15) is 0 Å². The Morgan fingerprint density at radius 2 is 1.95 bits per heavy atom. The number of ketones is 1. The largest absolute Gasteiger partial charge is 0.488 e. The van der Waals surface area contributed by atoms with E-state index in [1.165, 1.54) is 25.1 Å². The van der Waals surface area contributed by atoms with Gasteiger partial charge in [0.15, 0.2) is 5.78 Å². The molecule has 0 unspecified atom stereocenters. The topological polar surface area (TPSA) is 69.4 Å². The molecule has 5 heteroatoms. The zero-order valence-corrected chi connectivity index (χ0v) is 11.8. The van der Waals surface area contributed by atoms with Crippen molar-refractivity contribution >= 4 is 11.5 Å². The van der Waals surface area contributed by atoms with Gasteiger partial charge in [0.2, 0.25) is 0 Å². The molecule has 0 radical (unpaired) electrons. The standard InChI is InChI=1S/C16H15NO4/c1-11-5-3-4-6-13(11)10-21-16-8-7-14(17(19)20)9-15(16)12(2)18/h3-9H,10H2,1-2H3. The zero-order chi connectivity index (χ0) is 15.4. The second-order valence-corrected chi connectivity index (χ2v) is 4.71. The maximum Gasteiger partial charge on any atom is 0.270 e. The fourth-order valence-electron chi connectivity index (χ4n) is 1.96. The number of nitro groups is 1. The van der Waals surface area contributed by atoms with Crippen LogP contribution in [0.2, 0.25) is 0 Å². The second-order valence-electron chi connectivity index (χ2n) is 4.71. The lowest BCUT2D eigenvalue weighted by Crippen LogP contribution is -2.03. The van der Waals surface area contributed by atoms with Crippen LogP contribution in [-0.4, -0.2) is 10.7 Å². The van der Waals surface area contributed by atoms with E-state index in [9.17, 15) is 14.9 Å². The highest BCUT2D eigenvalue weighted by molar-refractivity contribution is 5.97. The Hall–Kier alpha value is -2.69. The molecule has 0 aliphatic heterocycles. The number of non-ortho nitro benzene ring substituents is 1. The van der Waals surface area contributed by atoms with Crippen LogP contribution >= 0.6 is 0 Å². The smallest absolute Gasteiger partial charge is 0.270 e. The Labute approximate surface area is 122 Å². The van der Waals surface area contributed by atoms with Gasteiger partial charge in [0, 0.05) is 12.1 Å². The summed E-state index contributed by atoms with van der Waals surface area (Å²) in [5, 5.41) is 10.8. The van der Waals surface area contributed by atoms with Gasteiger partial charge in [-0.3, -0.25) is 14.9 Å². The Morgan fingerprint density at radius 3 is 2.57 bits per heavy atom. The van der Waals surface area contributed by atoms with Gasteiger partial charge in [-0.25, -0.2) is 0 Å². The molecular weight excluding hydrogens is 270 g/mol. The van der Waals surface area contributed by atoms with Crippen LogP contribution in [0, 0.1) is 17.0 Å². The van der Waals surface area contributed by atoms with Gasteiger partial charge in [-0.05, 0) is 31.0 Å². The predicted octanol–water partition coefficient (Wildman–Crippen LogP) is 3.68. The summed E-state index contributed by atoms with van der Waals surface area (Å²) in [6.07, 6.45) is 0. The Balaban J connectivity index is 2.26. The van der Waals surface area contributed by atoms with Gasteiger partial charge in [0.05, 0.1) is 10.5 Å². The SMILES string of the molecule is CC(=O)c1cc([N+](=O)[O-])ccc1OCc1ccccc1C. The minimum absolute atomic E-state index is 0.122. The van der Waals surface area contributed by atoms with E-state index in [2.05, 4.69) is 0 Å². The summed E-state index contributed by atoms with van der Waals surface area (Å²) < 4.78 is 5.66. The normalized spacial score (nSPS) is 10.2. The predicted molar refractivity (Wildman–Crippen MR) is 78.6 cm³/mol. The van der Waals surface area contributed by atoms with Crippen LogP contribution in [0.5, 0.6) is 5.75 Å². The Bertz CT molecular complexity index is 694. The van der Waals surface area contributed by atoms with Crippen molar-refractivity contribution in [3.63, 3.8) is 0 Å². The van der Waals surface area contributed by atoms with Crippen LogP contribution in [0.1, 0.15) is 28.4 Å². The molecule has 0 N–H and O–H groups in total. The molecule has 0 aromatic heterocycles. The molecule has 0 spiro atoms. The molecule has 5 nitrogen and oxygen atoms in total. The number of carbonyl (C=O) groups is 1. The summed E-state index contributed by atoms with van der Waals surface area (Å²) in [5.41, 5.74) is 2.19. The van der Waals surface area contributed by atoms with Crippen LogP contribution in [0.25, 0.3) is 0 Å². The molecular formula is C16H15NO4. The summed E-state index contributed by atoms with van der Waals surface area (Å²) in [4.78, 5) is 21.9. The van der Waals surface area contributed by atoms with Crippen molar-refractivity contribution < 1.29 is 14.5 Å². The number of rotatable bonds is 5. The van der Waals surface area contributed by atoms with Gasteiger partial charge < -0.3 is 4.74 Å². The summed E-state index contributed by atoms with van der Waals surface area (Å²) in [5.74, 6) is 0.0924. The van der Waals surface area contributed by atoms with E-state index in [4.69, 9.17) is 4.74 Å². The first-order valence-electron chi connectivity index (χ1n) is 6.45. The first kappa shape index (κ1) is 14.7. The third-order valence-corrected chi connectivity index (χ3v) is 3.20. The molecule has 0 fully saturated rings. The van der Waals surface area contributed by atoms with Crippen LogP contribution in [0.4, 0.5) is 5.69 Å². The molecule has 0 aliphatic rings. The molecule has 2 aromatic carbocycles. The lowest BCUT2D eigenvalue weighted by atomic mass is 10.1. The van der Waals surface area contributed by atoms with E-state index in [0.717, 1.165) is 11.1 Å². The zero-order valence-electron chi connectivity index (χ0n) is 11.8. The molecule has 0 bridgehead atoms. The van der Waals surface area contributed by atoms with Crippen molar-refractivity contribution in [2.45, 2.75) is 20.5 Å². The Kier molecular flexibility index (Phi) is 4.33. The van der Waals surface area contributed by atoms with Gasteiger partial charge in [-0.1, -0.05) is 24.3 Å². The summed E-state index contributed by atoms with van der Waals surface area (Å²) in [7, 11) is 0. The second kappa shape index (κ2) is 6.17. The molecule has 21 heavy (non-hydrogen) atoms. The fraction of sp³-hybridized carbons (Fsp3) is 0.188. The maximum atomic E-state index is 11.6. The summed E-state index contributed by atoms with van der Waals surface area (Å²) in [6, 6.07) is 11.8. The molecule has 0 heterocycles. The average molecular weight is 285 g/mol. The number of nitrogens with zero attached hydrogens (tertiary/aromatic N) is 1. The molecule has 2 aromatic rings. The van der Waals surface area contributed by atoms with Crippen molar-refractivity contribution in [1.29, 1.82) is 0 Å². The highest BCUT2D eigenvalue weighted by Gasteiger charge is 2.15. The van der Waals surface area contributed by atoms with Gasteiger partial charge >= 0.3 is 0 Å². The van der Waals surface area contributed by atoms with Crippen LogP contribution < -0.4 is 4.74 Å². The van der Waals surface area contributed by atoms with Crippen molar-refractivity contribution in [2.75, 3.05) is 0 Å². The van der Waals surface area contributed by atoms with Crippen LogP contribution in [0.15, 0.2) is 42.5 Å². The molecule has 0 aliphatic carbocycles. The van der Waals surface area contributed by atoms with Crippen molar-refractivity contribution in [3.05, 3.63) is 69.3 Å². The number of Topliss-reactive ketones (excluding diaryl/α,β-unsaturated/α-hetero) is 1.